The van der Waals surface area contributed by atoms with E-state index in [2.05, 4.69) is 0 Å². The first-order valence-electron chi connectivity index (χ1n) is 5.49. The van der Waals surface area contributed by atoms with E-state index in [0.29, 0.717) is 18.6 Å². The maximum Gasteiger partial charge on any atom is 0.294 e. The number of ether oxygens (including phenoxy) is 1. The molecule has 0 aliphatic carbocycles. The van der Waals surface area contributed by atoms with Crippen molar-refractivity contribution in [3.63, 3.8) is 0 Å². The number of benzene rings is 1. The van der Waals surface area contributed by atoms with Crippen LogP contribution in [-0.2, 0) is 21.3 Å². The fourth-order valence-corrected chi connectivity index (χ4v) is 2.29. The van der Waals surface area contributed by atoms with Crippen molar-refractivity contribution in [2.45, 2.75) is 38.2 Å². The Hall–Kier alpha value is -0.910. The summed E-state index contributed by atoms with van der Waals surface area (Å²) < 4.78 is 36.8. The predicted octanol–water partition coefficient (Wildman–Crippen LogP) is 2.21. The van der Waals surface area contributed by atoms with E-state index in [-0.39, 0.29) is 11.0 Å². The zero-order chi connectivity index (χ0) is 13.1. The van der Waals surface area contributed by atoms with Gasteiger partial charge in [-0.25, -0.2) is 0 Å². The standard InChI is InChI=1S/C12H18O4S/c1-9(2)16-7-6-11-8-10(3)4-5-12(11)17(13,14)15/h4-5,8-9H,6-7H2,1-3H3,(H,13,14,15). The molecule has 0 aliphatic rings. The van der Waals surface area contributed by atoms with Crippen LogP contribution in [0.25, 0.3) is 0 Å². The molecule has 0 spiro atoms. The van der Waals surface area contributed by atoms with E-state index in [1.807, 2.05) is 20.8 Å². The average Bonchev–Trinajstić information content (AvgIpc) is 2.15. The zero-order valence-electron chi connectivity index (χ0n) is 10.3. The molecule has 1 aromatic carbocycles. The van der Waals surface area contributed by atoms with Gasteiger partial charge >= 0.3 is 0 Å². The lowest BCUT2D eigenvalue weighted by molar-refractivity contribution is 0.0810. The Labute approximate surface area is 102 Å². The minimum atomic E-state index is -4.16. The van der Waals surface area contributed by atoms with E-state index >= 15 is 0 Å². The fraction of sp³-hybridized carbons (Fsp3) is 0.500. The summed E-state index contributed by atoms with van der Waals surface area (Å²) in [6.07, 6.45) is 0.573. The topological polar surface area (TPSA) is 63.6 Å². The first kappa shape index (κ1) is 14.2. The van der Waals surface area contributed by atoms with Crippen molar-refractivity contribution < 1.29 is 17.7 Å². The van der Waals surface area contributed by atoms with Crippen LogP contribution < -0.4 is 0 Å². The van der Waals surface area contributed by atoms with Gasteiger partial charge in [0.1, 0.15) is 0 Å². The van der Waals surface area contributed by atoms with Crippen LogP contribution in [0.4, 0.5) is 0 Å². The molecule has 17 heavy (non-hydrogen) atoms. The maximum atomic E-state index is 11.2. The van der Waals surface area contributed by atoms with Crippen LogP contribution in [0.5, 0.6) is 0 Å². The predicted molar refractivity (Wildman–Crippen MR) is 65.8 cm³/mol. The molecule has 0 heterocycles. The number of hydrogen-bond donors (Lipinski definition) is 1. The zero-order valence-corrected chi connectivity index (χ0v) is 11.1. The Morgan fingerprint density at radius 1 is 1.35 bits per heavy atom. The second-order valence-electron chi connectivity index (χ2n) is 4.26. The quantitative estimate of drug-likeness (QED) is 0.822. The lowest BCUT2D eigenvalue weighted by Crippen LogP contribution is -2.09. The summed E-state index contributed by atoms with van der Waals surface area (Å²) in [7, 11) is -4.16. The number of rotatable bonds is 5. The monoisotopic (exact) mass is 258 g/mol. The second kappa shape index (κ2) is 5.62. The number of aryl methyl sites for hydroxylation is 1. The highest BCUT2D eigenvalue weighted by Crippen LogP contribution is 2.18. The SMILES string of the molecule is Cc1ccc(S(=O)(=O)O)c(CCOC(C)C)c1. The Morgan fingerprint density at radius 3 is 2.53 bits per heavy atom. The molecule has 0 atom stereocenters. The average molecular weight is 258 g/mol. The van der Waals surface area contributed by atoms with E-state index in [1.165, 1.54) is 6.07 Å². The van der Waals surface area contributed by atoms with Crippen molar-refractivity contribution in [2.75, 3.05) is 6.61 Å². The lowest BCUT2D eigenvalue weighted by Gasteiger charge is -2.10. The van der Waals surface area contributed by atoms with Crippen LogP contribution in [0.1, 0.15) is 25.0 Å². The third-order valence-corrected chi connectivity index (χ3v) is 3.27. The summed E-state index contributed by atoms with van der Waals surface area (Å²) in [5, 5.41) is 0. The van der Waals surface area contributed by atoms with Gasteiger partial charge in [-0.15, -0.1) is 0 Å². The Kier molecular flexibility index (Phi) is 4.68. The van der Waals surface area contributed by atoms with Crippen LogP contribution in [0.15, 0.2) is 23.1 Å². The molecule has 0 saturated carbocycles. The van der Waals surface area contributed by atoms with E-state index in [9.17, 15) is 8.42 Å². The molecule has 0 aliphatic heterocycles. The lowest BCUT2D eigenvalue weighted by atomic mass is 10.1. The first-order chi connectivity index (χ1) is 7.80. The van der Waals surface area contributed by atoms with Crippen molar-refractivity contribution in [2.24, 2.45) is 0 Å². The molecule has 0 bridgehead atoms. The molecule has 1 aromatic rings. The molecular formula is C12H18O4S. The second-order valence-corrected chi connectivity index (χ2v) is 5.65. The molecule has 0 radical (unpaired) electrons. The highest BCUT2D eigenvalue weighted by atomic mass is 32.2. The van der Waals surface area contributed by atoms with Gasteiger partial charge in [0.2, 0.25) is 0 Å². The van der Waals surface area contributed by atoms with Crippen LogP contribution in [0.2, 0.25) is 0 Å². The summed E-state index contributed by atoms with van der Waals surface area (Å²) in [4.78, 5) is -0.0320. The van der Waals surface area contributed by atoms with Crippen molar-refractivity contribution >= 4 is 10.1 Å². The molecule has 96 valence electrons. The van der Waals surface area contributed by atoms with Crippen molar-refractivity contribution in [3.8, 4) is 0 Å². The molecule has 5 heteroatoms. The van der Waals surface area contributed by atoms with E-state index < -0.39 is 10.1 Å². The third-order valence-electron chi connectivity index (χ3n) is 2.32. The van der Waals surface area contributed by atoms with Crippen LogP contribution >= 0.6 is 0 Å². The molecule has 1 N–H and O–H groups in total. The van der Waals surface area contributed by atoms with E-state index in [1.54, 1.807) is 12.1 Å². The minimum absolute atomic E-state index is 0.0320. The maximum absolute atomic E-state index is 11.2. The van der Waals surface area contributed by atoms with E-state index in [0.717, 1.165) is 5.56 Å². The molecule has 1 rings (SSSR count). The molecule has 0 saturated heterocycles. The van der Waals surface area contributed by atoms with Crippen molar-refractivity contribution in [3.05, 3.63) is 29.3 Å². The summed E-state index contributed by atoms with van der Waals surface area (Å²) in [6.45, 7) is 6.14. The smallest absolute Gasteiger partial charge is 0.294 e. The van der Waals surface area contributed by atoms with Crippen molar-refractivity contribution in [1.29, 1.82) is 0 Å². The van der Waals surface area contributed by atoms with Gasteiger partial charge in [0.15, 0.2) is 0 Å². The van der Waals surface area contributed by atoms with Crippen LogP contribution in [0.3, 0.4) is 0 Å². The molecule has 0 fully saturated rings. The Bertz CT molecular complexity index is 477. The normalized spacial score (nSPS) is 12.1. The molecule has 0 aromatic heterocycles. The van der Waals surface area contributed by atoms with Gasteiger partial charge in [0.25, 0.3) is 10.1 Å². The van der Waals surface area contributed by atoms with Gasteiger partial charge in [-0.2, -0.15) is 8.42 Å². The van der Waals surface area contributed by atoms with Gasteiger partial charge in [0, 0.05) is 0 Å². The summed E-state index contributed by atoms with van der Waals surface area (Å²) in [6, 6.07) is 4.85. The first-order valence-corrected chi connectivity index (χ1v) is 6.93. The van der Waals surface area contributed by atoms with E-state index in [4.69, 9.17) is 9.29 Å². The highest BCUT2D eigenvalue weighted by molar-refractivity contribution is 7.85. The Balaban J connectivity index is 2.92. The van der Waals surface area contributed by atoms with Crippen LogP contribution in [0, 0.1) is 6.92 Å². The van der Waals surface area contributed by atoms with Gasteiger partial charge in [-0.3, -0.25) is 4.55 Å². The molecule has 0 unspecified atom stereocenters. The fourth-order valence-electron chi connectivity index (χ4n) is 1.56. The van der Waals surface area contributed by atoms with Crippen LogP contribution in [-0.4, -0.2) is 25.7 Å². The summed E-state index contributed by atoms with van der Waals surface area (Å²) >= 11 is 0. The highest BCUT2D eigenvalue weighted by Gasteiger charge is 2.15. The van der Waals surface area contributed by atoms with Gasteiger partial charge in [-0.1, -0.05) is 17.7 Å². The summed E-state index contributed by atoms with van der Waals surface area (Å²) in [5.41, 5.74) is 1.55. The third kappa shape index (κ3) is 4.46. The Morgan fingerprint density at radius 2 is 2.00 bits per heavy atom. The minimum Gasteiger partial charge on any atom is -0.378 e. The molecule has 0 amide bonds. The van der Waals surface area contributed by atoms with Gasteiger partial charge < -0.3 is 4.74 Å². The van der Waals surface area contributed by atoms with Crippen molar-refractivity contribution in [1.82, 2.24) is 0 Å². The largest absolute Gasteiger partial charge is 0.378 e. The summed E-state index contributed by atoms with van der Waals surface area (Å²) in [5.74, 6) is 0. The van der Waals surface area contributed by atoms with Gasteiger partial charge in [0.05, 0.1) is 17.6 Å². The molecule has 4 nitrogen and oxygen atoms in total. The molecular weight excluding hydrogens is 240 g/mol. The van der Waals surface area contributed by atoms with Gasteiger partial charge in [-0.05, 0) is 38.8 Å². The number of hydrogen-bond acceptors (Lipinski definition) is 3.